The Balaban J connectivity index is 2.76. The van der Waals surface area contributed by atoms with Gasteiger partial charge in [0.1, 0.15) is 0 Å². The molecule has 1 aromatic carbocycles. The van der Waals surface area contributed by atoms with Crippen LogP contribution in [0.2, 0.25) is 18.1 Å². The first-order chi connectivity index (χ1) is 8.76. The van der Waals surface area contributed by atoms with Gasteiger partial charge in [0.05, 0.1) is 5.76 Å². The van der Waals surface area contributed by atoms with E-state index >= 15 is 0 Å². The summed E-state index contributed by atoms with van der Waals surface area (Å²) < 4.78 is 6.26. The van der Waals surface area contributed by atoms with Gasteiger partial charge in [-0.15, -0.1) is 0 Å². The van der Waals surface area contributed by atoms with E-state index in [9.17, 15) is 0 Å². The minimum Gasteiger partial charge on any atom is -0.544 e. The van der Waals surface area contributed by atoms with Gasteiger partial charge in [0.25, 0.3) is 0 Å². The molecular formula is C17H26OSi. The maximum Gasteiger partial charge on any atom is 0.250 e. The zero-order valence-corrected chi connectivity index (χ0v) is 13.9. The standard InChI is InChI=1S/C17H26OSi/c1-7-16(18-19(5,6)17(2,3)4)14-13-15-11-9-8-10-12-15/h7-12,14H,1,13H2,2-6H3/b16-14-. The normalized spacial score (nSPS) is 13.2. The van der Waals surface area contributed by atoms with Crippen LogP contribution < -0.4 is 0 Å². The molecule has 0 amide bonds. The van der Waals surface area contributed by atoms with Gasteiger partial charge < -0.3 is 4.43 Å². The number of hydrogen-bond donors (Lipinski definition) is 0. The fraction of sp³-hybridized carbons (Fsp3) is 0.412. The van der Waals surface area contributed by atoms with Gasteiger partial charge in [-0.2, -0.15) is 0 Å². The minimum absolute atomic E-state index is 0.210. The Kier molecular flexibility index (Phi) is 5.18. The summed E-state index contributed by atoms with van der Waals surface area (Å²) in [6, 6.07) is 10.4. The summed E-state index contributed by atoms with van der Waals surface area (Å²) in [6.45, 7) is 15.1. The van der Waals surface area contributed by atoms with Crippen LogP contribution in [0.3, 0.4) is 0 Å². The average molecular weight is 274 g/mol. The molecule has 0 aromatic heterocycles. The van der Waals surface area contributed by atoms with Gasteiger partial charge in [-0.1, -0.05) is 57.7 Å². The molecule has 0 aliphatic carbocycles. The van der Waals surface area contributed by atoms with Crippen LogP contribution in [0.25, 0.3) is 0 Å². The number of rotatable bonds is 5. The van der Waals surface area contributed by atoms with Crippen LogP contribution in [0.4, 0.5) is 0 Å². The Morgan fingerprint density at radius 1 is 1.21 bits per heavy atom. The van der Waals surface area contributed by atoms with Crippen molar-refractivity contribution in [3.8, 4) is 0 Å². The lowest BCUT2D eigenvalue weighted by atomic mass is 10.1. The zero-order valence-electron chi connectivity index (χ0n) is 12.9. The summed E-state index contributed by atoms with van der Waals surface area (Å²) in [5, 5.41) is 0.210. The topological polar surface area (TPSA) is 9.23 Å². The summed E-state index contributed by atoms with van der Waals surface area (Å²) in [5.74, 6) is 0.912. The molecule has 1 rings (SSSR count). The molecule has 0 spiro atoms. The first-order valence-electron chi connectivity index (χ1n) is 6.82. The highest BCUT2D eigenvalue weighted by Gasteiger charge is 2.39. The van der Waals surface area contributed by atoms with Crippen LogP contribution >= 0.6 is 0 Å². The third-order valence-electron chi connectivity index (χ3n) is 3.76. The molecule has 0 aliphatic heterocycles. The van der Waals surface area contributed by atoms with Crippen LogP contribution in [-0.4, -0.2) is 8.32 Å². The number of benzene rings is 1. The second-order valence-corrected chi connectivity index (χ2v) is 11.1. The molecule has 0 saturated heterocycles. The molecule has 0 aliphatic rings. The lowest BCUT2D eigenvalue weighted by molar-refractivity contribution is 0.398. The van der Waals surface area contributed by atoms with Gasteiger partial charge in [0, 0.05) is 0 Å². The van der Waals surface area contributed by atoms with Crippen molar-refractivity contribution in [1.82, 2.24) is 0 Å². The molecule has 19 heavy (non-hydrogen) atoms. The smallest absolute Gasteiger partial charge is 0.250 e. The Bertz CT molecular complexity index is 438. The third kappa shape index (κ3) is 4.71. The van der Waals surface area contributed by atoms with Crippen molar-refractivity contribution in [2.75, 3.05) is 0 Å². The Morgan fingerprint density at radius 3 is 2.26 bits per heavy atom. The summed E-state index contributed by atoms with van der Waals surface area (Å²) in [7, 11) is -1.77. The summed E-state index contributed by atoms with van der Waals surface area (Å²) in [4.78, 5) is 0. The molecular weight excluding hydrogens is 248 g/mol. The first kappa shape index (κ1) is 15.8. The number of hydrogen-bond acceptors (Lipinski definition) is 1. The van der Waals surface area contributed by atoms with Crippen molar-refractivity contribution in [1.29, 1.82) is 0 Å². The maximum absolute atomic E-state index is 6.26. The van der Waals surface area contributed by atoms with E-state index in [2.05, 4.69) is 70.8 Å². The van der Waals surface area contributed by atoms with E-state index in [4.69, 9.17) is 4.43 Å². The van der Waals surface area contributed by atoms with E-state index < -0.39 is 8.32 Å². The van der Waals surface area contributed by atoms with Crippen LogP contribution in [-0.2, 0) is 10.8 Å². The fourth-order valence-corrected chi connectivity index (χ4v) is 2.51. The molecule has 0 radical (unpaired) electrons. The molecule has 0 saturated carbocycles. The predicted molar refractivity (Wildman–Crippen MR) is 86.7 cm³/mol. The van der Waals surface area contributed by atoms with Crippen molar-refractivity contribution in [2.24, 2.45) is 0 Å². The highest BCUT2D eigenvalue weighted by atomic mass is 28.4. The van der Waals surface area contributed by atoms with Crippen LogP contribution in [0.1, 0.15) is 26.3 Å². The first-order valence-corrected chi connectivity index (χ1v) is 9.72. The molecule has 0 bridgehead atoms. The molecule has 0 unspecified atom stereocenters. The fourth-order valence-electron chi connectivity index (χ4n) is 1.45. The summed E-state index contributed by atoms with van der Waals surface area (Å²) >= 11 is 0. The number of allylic oxidation sites excluding steroid dienone is 2. The summed E-state index contributed by atoms with van der Waals surface area (Å²) in [6.07, 6.45) is 4.84. The van der Waals surface area contributed by atoms with Crippen LogP contribution in [0.15, 0.2) is 54.8 Å². The Morgan fingerprint density at radius 2 is 1.79 bits per heavy atom. The van der Waals surface area contributed by atoms with E-state index in [-0.39, 0.29) is 5.04 Å². The van der Waals surface area contributed by atoms with E-state index in [1.165, 1.54) is 5.56 Å². The second-order valence-electron chi connectivity index (χ2n) is 6.36. The van der Waals surface area contributed by atoms with Crippen molar-refractivity contribution in [3.63, 3.8) is 0 Å². The van der Waals surface area contributed by atoms with Crippen molar-refractivity contribution < 1.29 is 4.43 Å². The van der Waals surface area contributed by atoms with Crippen molar-refractivity contribution in [3.05, 3.63) is 60.4 Å². The Hall–Kier alpha value is -1.28. The largest absolute Gasteiger partial charge is 0.544 e. The molecule has 104 valence electrons. The maximum atomic E-state index is 6.26. The van der Waals surface area contributed by atoms with E-state index in [1.54, 1.807) is 0 Å². The minimum atomic E-state index is -1.77. The predicted octanol–water partition coefficient (Wildman–Crippen LogP) is 5.32. The van der Waals surface area contributed by atoms with Gasteiger partial charge >= 0.3 is 0 Å². The summed E-state index contributed by atoms with van der Waals surface area (Å²) in [5.41, 5.74) is 1.29. The molecule has 0 fully saturated rings. The average Bonchev–Trinajstić information content (AvgIpc) is 2.34. The molecule has 1 aromatic rings. The zero-order chi connectivity index (χ0) is 14.5. The van der Waals surface area contributed by atoms with Crippen LogP contribution in [0.5, 0.6) is 0 Å². The Labute approximate surface area is 119 Å². The lowest BCUT2D eigenvalue weighted by Crippen LogP contribution is -2.40. The molecule has 0 heterocycles. The molecule has 0 atom stereocenters. The SMILES string of the molecule is C=C/C(=C/Cc1ccccc1)O[Si](C)(C)C(C)(C)C. The van der Waals surface area contributed by atoms with Gasteiger partial charge in [-0.3, -0.25) is 0 Å². The van der Waals surface area contributed by atoms with Gasteiger partial charge in [-0.25, -0.2) is 0 Å². The van der Waals surface area contributed by atoms with E-state index in [0.29, 0.717) is 0 Å². The van der Waals surface area contributed by atoms with Crippen molar-refractivity contribution in [2.45, 2.75) is 45.3 Å². The van der Waals surface area contributed by atoms with Crippen LogP contribution in [0, 0.1) is 0 Å². The van der Waals surface area contributed by atoms with Gasteiger partial charge in [0.15, 0.2) is 0 Å². The monoisotopic (exact) mass is 274 g/mol. The van der Waals surface area contributed by atoms with Gasteiger partial charge in [-0.05, 0) is 42.3 Å². The van der Waals surface area contributed by atoms with E-state index in [0.717, 1.165) is 12.2 Å². The molecule has 2 heteroatoms. The quantitative estimate of drug-likeness (QED) is 0.401. The third-order valence-corrected chi connectivity index (χ3v) is 8.12. The van der Waals surface area contributed by atoms with Crippen molar-refractivity contribution >= 4 is 8.32 Å². The van der Waals surface area contributed by atoms with Gasteiger partial charge in [0.2, 0.25) is 8.32 Å². The second kappa shape index (κ2) is 6.24. The molecule has 1 nitrogen and oxygen atoms in total. The van der Waals surface area contributed by atoms with E-state index in [1.807, 2.05) is 12.1 Å². The highest BCUT2D eigenvalue weighted by molar-refractivity contribution is 6.74. The molecule has 0 N–H and O–H groups in total. The lowest BCUT2D eigenvalue weighted by Gasteiger charge is -2.36. The highest BCUT2D eigenvalue weighted by Crippen LogP contribution is 2.38.